The number of nitrogens with two attached hydrogens (primary N) is 1. The van der Waals surface area contributed by atoms with Crippen LogP contribution in [0.2, 0.25) is 0 Å². The van der Waals surface area contributed by atoms with Gasteiger partial charge in [0.15, 0.2) is 0 Å². The van der Waals surface area contributed by atoms with Gasteiger partial charge < -0.3 is 15.4 Å². The summed E-state index contributed by atoms with van der Waals surface area (Å²) in [5.74, 6) is 0. The Hall–Kier alpha value is -1.22. The minimum absolute atomic E-state index is 0.424. The first-order valence-corrected chi connectivity index (χ1v) is 5.86. The van der Waals surface area contributed by atoms with Crippen molar-refractivity contribution in [3.8, 4) is 0 Å². The van der Waals surface area contributed by atoms with Gasteiger partial charge in [-0.2, -0.15) is 0 Å². The zero-order chi connectivity index (χ0) is 11.5. The molecule has 0 aromatic heterocycles. The summed E-state index contributed by atoms with van der Waals surface area (Å²) in [5.41, 5.74) is 9.37. The first kappa shape index (κ1) is 11.3. The predicted octanol–water partition coefficient (Wildman–Crippen LogP) is 2.06. The summed E-state index contributed by atoms with van der Waals surface area (Å²) in [6, 6.07) is 6.64. The molecule has 16 heavy (non-hydrogen) atoms. The van der Waals surface area contributed by atoms with Crippen LogP contribution in [-0.4, -0.2) is 26.3 Å². The van der Waals surface area contributed by atoms with Crippen LogP contribution in [0.4, 0.5) is 11.4 Å². The Balaban J connectivity index is 2.25. The highest BCUT2D eigenvalue weighted by atomic mass is 16.5. The van der Waals surface area contributed by atoms with Crippen molar-refractivity contribution >= 4 is 11.4 Å². The number of ether oxygens (including phenoxy) is 1. The summed E-state index contributed by atoms with van der Waals surface area (Å²) in [6.07, 6.45) is 2.33. The molecule has 0 bridgehead atoms. The Morgan fingerprint density at radius 3 is 3.06 bits per heavy atom. The fraction of sp³-hybridized carbons (Fsp3) is 0.538. The van der Waals surface area contributed by atoms with Crippen molar-refractivity contribution in [2.75, 3.05) is 30.9 Å². The lowest BCUT2D eigenvalue weighted by Crippen LogP contribution is -2.39. The van der Waals surface area contributed by atoms with Gasteiger partial charge in [0.1, 0.15) is 0 Å². The van der Waals surface area contributed by atoms with Gasteiger partial charge >= 0.3 is 0 Å². The number of methoxy groups -OCH3 is 1. The van der Waals surface area contributed by atoms with Gasteiger partial charge in [0, 0.05) is 31.1 Å². The van der Waals surface area contributed by atoms with Gasteiger partial charge in [-0.25, -0.2) is 0 Å². The average Bonchev–Trinajstić information content (AvgIpc) is 2.28. The summed E-state index contributed by atoms with van der Waals surface area (Å²) >= 11 is 0. The fourth-order valence-electron chi connectivity index (χ4n) is 2.44. The van der Waals surface area contributed by atoms with E-state index in [9.17, 15) is 0 Å². The molecule has 1 unspecified atom stereocenters. The summed E-state index contributed by atoms with van der Waals surface area (Å²) in [6.45, 7) is 4.08. The third-order valence-corrected chi connectivity index (χ3v) is 3.20. The highest BCUT2D eigenvalue weighted by molar-refractivity contribution is 5.61. The van der Waals surface area contributed by atoms with Crippen molar-refractivity contribution in [2.45, 2.75) is 25.8 Å². The standard InChI is InChI=1S/C13H20N2O/c1-10(9-16-2)15-7-3-4-11-8-12(14)5-6-13(11)15/h5-6,8,10H,3-4,7,9,14H2,1-2H3. The highest BCUT2D eigenvalue weighted by Gasteiger charge is 2.21. The number of rotatable bonds is 3. The molecule has 1 aromatic rings. The van der Waals surface area contributed by atoms with Gasteiger partial charge in [0.25, 0.3) is 0 Å². The Labute approximate surface area is 97.2 Å². The third-order valence-electron chi connectivity index (χ3n) is 3.20. The zero-order valence-corrected chi connectivity index (χ0v) is 10.1. The molecule has 1 aliphatic heterocycles. The van der Waals surface area contributed by atoms with Gasteiger partial charge in [-0.1, -0.05) is 0 Å². The first-order chi connectivity index (χ1) is 7.72. The minimum Gasteiger partial charge on any atom is -0.399 e. The average molecular weight is 220 g/mol. The van der Waals surface area contributed by atoms with E-state index in [1.54, 1.807) is 7.11 Å². The van der Waals surface area contributed by atoms with Crippen molar-refractivity contribution in [3.63, 3.8) is 0 Å². The number of nitrogen functional groups attached to an aromatic ring is 1. The van der Waals surface area contributed by atoms with Crippen molar-refractivity contribution in [3.05, 3.63) is 23.8 Å². The van der Waals surface area contributed by atoms with E-state index in [0.29, 0.717) is 6.04 Å². The second-order valence-electron chi connectivity index (χ2n) is 4.49. The number of aryl methyl sites for hydroxylation is 1. The quantitative estimate of drug-likeness (QED) is 0.792. The molecular weight excluding hydrogens is 200 g/mol. The predicted molar refractivity (Wildman–Crippen MR) is 67.9 cm³/mol. The molecule has 1 aliphatic rings. The summed E-state index contributed by atoms with van der Waals surface area (Å²) in [4.78, 5) is 2.42. The molecule has 3 heteroatoms. The minimum atomic E-state index is 0.424. The van der Waals surface area contributed by atoms with E-state index in [1.807, 2.05) is 6.07 Å². The maximum atomic E-state index is 5.82. The van der Waals surface area contributed by atoms with Crippen LogP contribution in [0, 0.1) is 0 Å². The zero-order valence-electron chi connectivity index (χ0n) is 10.1. The first-order valence-electron chi connectivity index (χ1n) is 5.86. The molecule has 0 fully saturated rings. The van der Waals surface area contributed by atoms with Crippen LogP contribution >= 0.6 is 0 Å². The smallest absolute Gasteiger partial charge is 0.0663 e. The molecule has 2 rings (SSSR count). The SMILES string of the molecule is COCC(C)N1CCCc2cc(N)ccc21. The van der Waals surface area contributed by atoms with Crippen LogP contribution < -0.4 is 10.6 Å². The van der Waals surface area contributed by atoms with Crippen LogP contribution in [-0.2, 0) is 11.2 Å². The van der Waals surface area contributed by atoms with Crippen molar-refractivity contribution < 1.29 is 4.74 Å². The topological polar surface area (TPSA) is 38.5 Å². The van der Waals surface area contributed by atoms with Crippen LogP contribution in [0.5, 0.6) is 0 Å². The molecule has 88 valence electrons. The van der Waals surface area contributed by atoms with E-state index < -0.39 is 0 Å². The van der Waals surface area contributed by atoms with Crippen LogP contribution in [0.1, 0.15) is 18.9 Å². The molecule has 0 saturated heterocycles. The van der Waals surface area contributed by atoms with Crippen LogP contribution in [0.15, 0.2) is 18.2 Å². The van der Waals surface area contributed by atoms with Gasteiger partial charge in [-0.05, 0) is 43.5 Å². The van der Waals surface area contributed by atoms with Crippen molar-refractivity contribution in [1.29, 1.82) is 0 Å². The second kappa shape index (κ2) is 4.74. The molecule has 1 heterocycles. The van der Waals surface area contributed by atoms with E-state index in [0.717, 1.165) is 25.3 Å². The maximum Gasteiger partial charge on any atom is 0.0663 e. The van der Waals surface area contributed by atoms with Gasteiger partial charge in [-0.15, -0.1) is 0 Å². The lowest BCUT2D eigenvalue weighted by Gasteiger charge is -2.36. The normalized spacial score (nSPS) is 17.0. The summed E-state index contributed by atoms with van der Waals surface area (Å²) in [5, 5.41) is 0. The fourth-order valence-corrected chi connectivity index (χ4v) is 2.44. The second-order valence-corrected chi connectivity index (χ2v) is 4.49. The molecule has 1 atom stereocenters. The Bertz CT molecular complexity index is 365. The molecule has 0 saturated carbocycles. The molecule has 0 spiro atoms. The van der Waals surface area contributed by atoms with E-state index >= 15 is 0 Å². The van der Waals surface area contributed by atoms with E-state index in [2.05, 4.69) is 24.0 Å². The summed E-state index contributed by atoms with van der Waals surface area (Å²) in [7, 11) is 1.75. The molecule has 0 amide bonds. The largest absolute Gasteiger partial charge is 0.399 e. The Kier molecular flexibility index (Phi) is 3.34. The van der Waals surface area contributed by atoms with Gasteiger partial charge in [0.05, 0.1) is 6.61 Å². The number of hydrogen-bond donors (Lipinski definition) is 1. The van der Waals surface area contributed by atoms with Crippen molar-refractivity contribution in [1.82, 2.24) is 0 Å². The molecule has 0 aliphatic carbocycles. The van der Waals surface area contributed by atoms with Crippen molar-refractivity contribution in [2.24, 2.45) is 0 Å². The van der Waals surface area contributed by atoms with E-state index in [4.69, 9.17) is 10.5 Å². The Morgan fingerprint density at radius 2 is 2.31 bits per heavy atom. The van der Waals surface area contributed by atoms with Gasteiger partial charge in [0.2, 0.25) is 0 Å². The Morgan fingerprint density at radius 1 is 1.50 bits per heavy atom. The monoisotopic (exact) mass is 220 g/mol. The van der Waals surface area contributed by atoms with E-state index in [-0.39, 0.29) is 0 Å². The van der Waals surface area contributed by atoms with Crippen LogP contribution in [0.3, 0.4) is 0 Å². The maximum absolute atomic E-state index is 5.82. The number of nitrogens with zero attached hydrogens (tertiary/aromatic N) is 1. The lowest BCUT2D eigenvalue weighted by molar-refractivity contribution is 0.181. The molecule has 1 aromatic carbocycles. The van der Waals surface area contributed by atoms with E-state index in [1.165, 1.54) is 17.7 Å². The molecule has 3 nitrogen and oxygen atoms in total. The number of anilines is 2. The molecule has 2 N–H and O–H groups in total. The number of hydrogen-bond acceptors (Lipinski definition) is 3. The van der Waals surface area contributed by atoms with Gasteiger partial charge in [-0.3, -0.25) is 0 Å². The highest BCUT2D eigenvalue weighted by Crippen LogP contribution is 2.30. The molecule has 0 radical (unpaired) electrons. The summed E-state index contributed by atoms with van der Waals surface area (Å²) < 4.78 is 5.23. The number of benzene rings is 1. The van der Waals surface area contributed by atoms with Crippen LogP contribution in [0.25, 0.3) is 0 Å². The number of fused-ring (bicyclic) bond motifs is 1. The lowest BCUT2D eigenvalue weighted by atomic mass is 10.00. The molecular formula is C13H20N2O. The third kappa shape index (κ3) is 2.14.